The monoisotopic (exact) mass is 277 g/mol. The second-order valence-electron chi connectivity index (χ2n) is 5.65. The fraction of sp³-hybridized carbons (Fsp3) is 0.467. The van der Waals surface area contributed by atoms with E-state index < -0.39 is 17.5 Å². The Hall–Kier alpha value is -1.88. The Kier molecular flexibility index (Phi) is 5.70. The molecule has 1 aromatic rings. The molecule has 0 heterocycles. The van der Waals surface area contributed by atoms with Gasteiger partial charge in [-0.15, -0.1) is 0 Å². The predicted molar refractivity (Wildman–Crippen MR) is 78.8 cm³/mol. The molecule has 1 rings (SSSR count). The molecule has 1 unspecified atom stereocenters. The highest BCUT2D eigenvalue weighted by atomic mass is 16.2. The standard InChI is InChI=1S/C15H23N3O2/c1-15(2,10-13(17)19)18-14(20)12(16)9-8-11-6-4-3-5-7-11/h3-7,12H,8-10,16H2,1-2H3,(H2,17,19)(H,18,20). The van der Waals surface area contributed by atoms with Crippen LogP contribution in [0.3, 0.4) is 0 Å². The lowest BCUT2D eigenvalue weighted by molar-refractivity contribution is -0.125. The van der Waals surface area contributed by atoms with Crippen LogP contribution in [0.15, 0.2) is 30.3 Å². The Balaban J connectivity index is 2.45. The minimum absolute atomic E-state index is 0.0874. The second-order valence-corrected chi connectivity index (χ2v) is 5.65. The number of nitrogens with two attached hydrogens (primary N) is 2. The van der Waals surface area contributed by atoms with Crippen LogP contribution in [-0.4, -0.2) is 23.4 Å². The lowest BCUT2D eigenvalue weighted by Gasteiger charge is -2.26. The van der Waals surface area contributed by atoms with Gasteiger partial charge >= 0.3 is 0 Å². The van der Waals surface area contributed by atoms with E-state index in [4.69, 9.17) is 11.5 Å². The van der Waals surface area contributed by atoms with Crippen LogP contribution in [0.1, 0.15) is 32.3 Å². The Morgan fingerprint density at radius 1 is 1.25 bits per heavy atom. The molecule has 0 fully saturated rings. The minimum atomic E-state index is -0.673. The molecule has 0 aliphatic rings. The van der Waals surface area contributed by atoms with Crippen molar-refractivity contribution in [1.82, 2.24) is 5.32 Å². The maximum Gasteiger partial charge on any atom is 0.237 e. The normalized spacial score (nSPS) is 12.8. The van der Waals surface area contributed by atoms with Crippen LogP contribution in [-0.2, 0) is 16.0 Å². The maximum absolute atomic E-state index is 12.0. The van der Waals surface area contributed by atoms with Crippen LogP contribution < -0.4 is 16.8 Å². The molecule has 0 saturated heterocycles. The van der Waals surface area contributed by atoms with Crippen LogP contribution >= 0.6 is 0 Å². The summed E-state index contributed by atoms with van der Waals surface area (Å²) in [5.41, 5.74) is 11.5. The van der Waals surface area contributed by atoms with Crippen molar-refractivity contribution >= 4 is 11.8 Å². The van der Waals surface area contributed by atoms with Crippen LogP contribution in [0, 0.1) is 0 Å². The van der Waals surface area contributed by atoms with E-state index in [9.17, 15) is 9.59 Å². The highest BCUT2D eigenvalue weighted by Gasteiger charge is 2.25. The molecular weight excluding hydrogens is 254 g/mol. The Bertz CT molecular complexity index is 457. The molecule has 0 aliphatic heterocycles. The van der Waals surface area contributed by atoms with Crippen molar-refractivity contribution in [1.29, 1.82) is 0 Å². The third-order valence-corrected chi connectivity index (χ3v) is 3.00. The zero-order valence-corrected chi connectivity index (χ0v) is 12.1. The fourth-order valence-corrected chi connectivity index (χ4v) is 2.00. The van der Waals surface area contributed by atoms with E-state index in [1.54, 1.807) is 13.8 Å². The number of primary amides is 1. The number of benzene rings is 1. The average molecular weight is 277 g/mol. The summed E-state index contributed by atoms with van der Waals surface area (Å²) in [4.78, 5) is 22.9. The number of hydrogen-bond donors (Lipinski definition) is 3. The number of aryl methyl sites for hydroxylation is 1. The topological polar surface area (TPSA) is 98.2 Å². The number of carbonyl (C=O) groups excluding carboxylic acids is 2. The summed E-state index contributed by atoms with van der Waals surface area (Å²) in [6, 6.07) is 9.27. The summed E-state index contributed by atoms with van der Waals surface area (Å²) in [5.74, 6) is -0.708. The van der Waals surface area contributed by atoms with E-state index in [0.717, 1.165) is 12.0 Å². The van der Waals surface area contributed by atoms with Crippen LogP contribution in [0.4, 0.5) is 0 Å². The lowest BCUT2D eigenvalue weighted by Crippen LogP contribution is -2.52. The number of carbonyl (C=O) groups is 2. The Morgan fingerprint density at radius 2 is 1.85 bits per heavy atom. The molecule has 0 radical (unpaired) electrons. The summed E-state index contributed by atoms with van der Waals surface area (Å²) >= 11 is 0. The first kappa shape index (κ1) is 16.2. The van der Waals surface area contributed by atoms with Gasteiger partial charge in [-0.05, 0) is 32.3 Å². The third-order valence-electron chi connectivity index (χ3n) is 3.00. The molecule has 20 heavy (non-hydrogen) atoms. The minimum Gasteiger partial charge on any atom is -0.370 e. The van der Waals surface area contributed by atoms with Crippen molar-refractivity contribution in [2.45, 2.75) is 44.7 Å². The third kappa shape index (κ3) is 5.84. The van der Waals surface area contributed by atoms with Crippen molar-refractivity contribution in [3.8, 4) is 0 Å². The molecule has 110 valence electrons. The molecule has 1 atom stereocenters. The van der Waals surface area contributed by atoms with Crippen molar-refractivity contribution in [3.63, 3.8) is 0 Å². The molecule has 5 N–H and O–H groups in total. The summed E-state index contributed by atoms with van der Waals surface area (Å²) < 4.78 is 0. The van der Waals surface area contributed by atoms with Crippen molar-refractivity contribution in [3.05, 3.63) is 35.9 Å². The molecule has 1 aromatic carbocycles. The highest BCUT2D eigenvalue weighted by Crippen LogP contribution is 2.09. The van der Waals surface area contributed by atoms with Gasteiger partial charge in [0, 0.05) is 12.0 Å². The van der Waals surface area contributed by atoms with Gasteiger partial charge < -0.3 is 16.8 Å². The molecule has 0 spiro atoms. The van der Waals surface area contributed by atoms with Crippen molar-refractivity contribution in [2.75, 3.05) is 0 Å². The molecule has 0 saturated carbocycles. The van der Waals surface area contributed by atoms with Crippen molar-refractivity contribution in [2.24, 2.45) is 11.5 Å². The van der Waals surface area contributed by atoms with Gasteiger partial charge in [-0.2, -0.15) is 0 Å². The molecule has 0 aliphatic carbocycles. The molecule has 5 heteroatoms. The van der Waals surface area contributed by atoms with Crippen LogP contribution in [0.2, 0.25) is 0 Å². The van der Waals surface area contributed by atoms with E-state index in [0.29, 0.717) is 6.42 Å². The summed E-state index contributed by atoms with van der Waals surface area (Å²) in [6.45, 7) is 3.50. The first-order valence-electron chi connectivity index (χ1n) is 6.70. The molecule has 5 nitrogen and oxygen atoms in total. The Morgan fingerprint density at radius 3 is 2.40 bits per heavy atom. The first-order chi connectivity index (χ1) is 9.30. The molecule has 2 amide bonds. The van der Waals surface area contributed by atoms with E-state index in [-0.39, 0.29) is 12.3 Å². The SMILES string of the molecule is CC(C)(CC(N)=O)NC(=O)C(N)CCc1ccccc1. The van der Waals surface area contributed by atoms with Crippen molar-refractivity contribution < 1.29 is 9.59 Å². The molecular formula is C15H23N3O2. The highest BCUT2D eigenvalue weighted by molar-refractivity contribution is 5.83. The Labute approximate surface area is 119 Å². The van der Waals surface area contributed by atoms with Gasteiger partial charge in [-0.3, -0.25) is 9.59 Å². The van der Waals surface area contributed by atoms with Crippen LogP contribution in [0.25, 0.3) is 0 Å². The van der Waals surface area contributed by atoms with Gasteiger partial charge in [0.05, 0.1) is 6.04 Å². The number of amides is 2. The summed E-state index contributed by atoms with van der Waals surface area (Å²) in [7, 11) is 0. The number of nitrogens with one attached hydrogen (secondary N) is 1. The van der Waals surface area contributed by atoms with Gasteiger partial charge in [0.25, 0.3) is 0 Å². The first-order valence-corrected chi connectivity index (χ1v) is 6.70. The number of rotatable bonds is 7. The van der Waals surface area contributed by atoms with E-state index in [2.05, 4.69) is 5.32 Å². The van der Waals surface area contributed by atoms with E-state index in [1.807, 2.05) is 30.3 Å². The second kappa shape index (κ2) is 7.05. The fourth-order valence-electron chi connectivity index (χ4n) is 2.00. The van der Waals surface area contributed by atoms with Crippen LogP contribution in [0.5, 0.6) is 0 Å². The van der Waals surface area contributed by atoms with Gasteiger partial charge in [0.15, 0.2) is 0 Å². The zero-order valence-electron chi connectivity index (χ0n) is 12.1. The smallest absolute Gasteiger partial charge is 0.237 e. The van der Waals surface area contributed by atoms with Gasteiger partial charge in [-0.1, -0.05) is 30.3 Å². The van der Waals surface area contributed by atoms with E-state index in [1.165, 1.54) is 0 Å². The molecule has 0 aromatic heterocycles. The lowest BCUT2D eigenvalue weighted by atomic mass is 9.98. The summed E-state index contributed by atoms with van der Waals surface area (Å²) in [5, 5.41) is 2.76. The average Bonchev–Trinajstić information content (AvgIpc) is 2.34. The molecule has 0 bridgehead atoms. The van der Waals surface area contributed by atoms with Gasteiger partial charge in [0.2, 0.25) is 11.8 Å². The predicted octanol–water partition coefficient (Wildman–Crippen LogP) is 0.717. The largest absolute Gasteiger partial charge is 0.370 e. The zero-order chi connectivity index (χ0) is 15.2. The van der Waals surface area contributed by atoms with E-state index >= 15 is 0 Å². The van der Waals surface area contributed by atoms with Gasteiger partial charge in [0.1, 0.15) is 0 Å². The summed E-state index contributed by atoms with van der Waals surface area (Å²) in [6.07, 6.45) is 1.39. The number of hydrogen-bond acceptors (Lipinski definition) is 3. The quantitative estimate of drug-likeness (QED) is 0.684. The van der Waals surface area contributed by atoms with Gasteiger partial charge in [-0.25, -0.2) is 0 Å². The maximum atomic E-state index is 12.0.